The van der Waals surface area contributed by atoms with Crippen molar-refractivity contribution < 1.29 is 18.0 Å². The summed E-state index contributed by atoms with van der Waals surface area (Å²) < 4.78 is 29.3. The first-order valence-electron chi connectivity index (χ1n) is 10.3. The molecule has 0 spiro atoms. The van der Waals surface area contributed by atoms with Crippen LogP contribution in [-0.4, -0.2) is 38.0 Å². The van der Waals surface area contributed by atoms with E-state index in [2.05, 4.69) is 4.72 Å². The molecule has 0 radical (unpaired) electrons. The van der Waals surface area contributed by atoms with Crippen LogP contribution in [0, 0.1) is 6.92 Å². The van der Waals surface area contributed by atoms with Crippen LogP contribution in [0.2, 0.25) is 5.02 Å². The molecule has 0 aromatic heterocycles. The number of hydrogen-bond acceptors (Lipinski definition) is 5. The summed E-state index contributed by atoms with van der Waals surface area (Å²) in [5.74, 6) is -1.10. The van der Waals surface area contributed by atoms with Crippen LogP contribution in [0.3, 0.4) is 0 Å². The van der Waals surface area contributed by atoms with Crippen molar-refractivity contribution in [1.82, 2.24) is 4.90 Å². The molecule has 1 fully saturated rings. The highest BCUT2D eigenvalue weighted by molar-refractivity contribution is 7.97. The Kier molecular flexibility index (Phi) is 5.90. The Morgan fingerprint density at radius 1 is 0.903 bits per heavy atom. The van der Waals surface area contributed by atoms with Gasteiger partial charge >= 0.3 is 0 Å². The molecule has 4 rings (SSSR count). The molecule has 1 N–H and O–H groups in total. The molecule has 1 aliphatic heterocycles. The number of likely N-dealkylation sites (tertiary alicyclic amines) is 1. The van der Waals surface area contributed by atoms with Gasteiger partial charge in [-0.05, 0) is 37.5 Å². The van der Waals surface area contributed by atoms with Crippen LogP contribution in [0.1, 0.15) is 52.0 Å². The summed E-state index contributed by atoms with van der Waals surface area (Å²) in [6, 6.07) is 11.1. The third-order valence-electron chi connectivity index (χ3n) is 5.67. The lowest BCUT2D eigenvalue weighted by molar-refractivity contribution is 0.0947. The van der Waals surface area contributed by atoms with Gasteiger partial charge in [0.25, 0.3) is 10.0 Å². The number of Topliss-reactive ketones (excluding diaryl/α,β-unsaturated/α-hetero) is 2. The van der Waals surface area contributed by atoms with Crippen LogP contribution < -0.4 is 4.72 Å². The topological polar surface area (TPSA) is 83.6 Å². The minimum Gasteiger partial charge on any atom is -0.367 e. The quantitative estimate of drug-likeness (QED) is 0.726. The summed E-state index contributed by atoms with van der Waals surface area (Å²) in [6.45, 7) is 2.87. The first-order valence-corrected chi connectivity index (χ1v) is 12.1. The molecule has 0 unspecified atom stereocenters. The molecular weight excluding hydrogens is 436 g/mol. The number of hydrogen-bond donors (Lipinski definition) is 1. The lowest BCUT2D eigenvalue weighted by Gasteiger charge is -2.30. The molecule has 0 atom stereocenters. The molecule has 0 amide bonds. The van der Waals surface area contributed by atoms with Crippen LogP contribution >= 0.6 is 11.6 Å². The van der Waals surface area contributed by atoms with Gasteiger partial charge in [0.2, 0.25) is 11.6 Å². The van der Waals surface area contributed by atoms with E-state index in [-0.39, 0.29) is 22.5 Å². The van der Waals surface area contributed by atoms with E-state index < -0.39 is 26.5 Å². The SMILES string of the molecule is Cc1ccc(NS(=O)(=O)C2=C(N3CCCCCC3)C(=O)c3ccccc3C2=O)cc1Cl. The molecule has 162 valence electrons. The smallest absolute Gasteiger partial charge is 0.268 e. The number of aryl methyl sites for hydroxylation is 1. The van der Waals surface area contributed by atoms with Crippen LogP contribution in [0.25, 0.3) is 0 Å². The van der Waals surface area contributed by atoms with Crippen molar-refractivity contribution in [2.24, 2.45) is 0 Å². The van der Waals surface area contributed by atoms with Crippen LogP contribution in [0.5, 0.6) is 0 Å². The molecule has 8 heteroatoms. The number of nitrogens with zero attached hydrogens (tertiary/aromatic N) is 1. The summed E-state index contributed by atoms with van der Waals surface area (Å²) in [5, 5.41) is 0.401. The number of ketones is 2. The van der Waals surface area contributed by atoms with Crippen LogP contribution in [0.15, 0.2) is 53.1 Å². The number of allylic oxidation sites excluding steroid dienone is 2. The van der Waals surface area contributed by atoms with E-state index in [1.165, 1.54) is 12.1 Å². The van der Waals surface area contributed by atoms with E-state index in [4.69, 9.17) is 11.6 Å². The number of carbonyl (C=O) groups excluding carboxylic acids is 2. The van der Waals surface area contributed by atoms with E-state index in [0.29, 0.717) is 18.1 Å². The molecule has 1 saturated heterocycles. The number of rotatable bonds is 4. The third-order valence-corrected chi connectivity index (χ3v) is 7.50. The van der Waals surface area contributed by atoms with Gasteiger partial charge in [-0.15, -0.1) is 0 Å². The predicted octanol–water partition coefficient (Wildman–Crippen LogP) is 4.56. The van der Waals surface area contributed by atoms with E-state index in [9.17, 15) is 18.0 Å². The average Bonchev–Trinajstić information content (AvgIpc) is 3.02. The highest BCUT2D eigenvalue weighted by Crippen LogP contribution is 2.33. The first kappa shape index (κ1) is 21.6. The van der Waals surface area contributed by atoms with Gasteiger partial charge in [-0.1, -0.05) is 54.8 Å². The first-order chi connectivity index (χ1) is 14.8. The third kappa shape index (κ3) is 4.12. The van der Waals surface area contributed by atoms with Gasteiger partial charge in [-0.25, -0.2) is 8.42 Å². The van der Waals surface area contributed by atoms with E-state index >= 15 is 0 Å². The van der Waals surface area contributed by atoms with Crippen LogP contribution in [-0.2, 0) is 10.0 Å². The Morgan fingerprint density at radius 2 is 1.52 bits per heavy atom. The van der Waals surface area contributed by atoms with E-state index in [1.807, 2.05) is 0 Å². The molecule has 2 aromatic carbocycles. The molecule has 0 saturated carbocycles. The maximum atomic E-state index is 13.4. The maximum Gasteiger partial charge on any atom is 0.268 e. The van der Waals surface area contributed by atoms with Crippen molar-refractivity contribution >= 4 is 38.9 Å². The number of fused-ring (bicyclic) bond motifs is 1. The van der Waals surface area contributed by atoms with Crippen molar-refractivity contribution in [3.05, 3.63) is 74.8 Å². The Balaban J connectivity index is 1.86. The monoisotopic (exact) mass is 458 g/mol. The van der Waals surface area contributed by atoms with Gasteiger partial charge in [-0.3, -0.25) is 14.3 Å². The summed E-state index contributed by atoms with van der Waals surface area (Å²) in [6.07, 6.45) is 3.68. The fourth-order valence-electron chi connectivity index (χ4n) is 4.03. The average molecular weight is 459 g/mol. The van der Waals surface area contributed by atoms with Crippen molar-refractivity contribution in [2.45, 2.75) is 32.6 Å². The summed E-state index contributed by atoms with van der Waals surface area (Å²) in [4.78, 5) is 28.1. The largest absolute Gasteiger partial charge is 0.367 e. The Bertz CT molecular complexity index is 1200. The summed E-state index contributed by atoms with van der Waals surface area (Å²) in [5.41, 5.74) is 1.35. The molecule has 1 heterocycles. The molecule has 2 aliphatic rings. The standard InChI is InChI=1S/C23H23ClN2O4S/c1-15-10-11-16(14-19(15)24)25-31(29,30)23-20(26-12-6-2-3-7-13-26)21(27)17-8-4-5-9-18(17)22(23)28/h4-5,8-11,14,25H,2-3,6-7,12-13H2,1H3. The molecule has 2 aromatic rings. The fourth-order valence-corrected chi connectivity index (χ4v) is 5.58. The van der Waals surface area contributed by atoms with Gasteiger partial charge in [0.15, 0.2) is 4.91 Å². The zero-order valence-electron chi connectivity index (χ0n) is 17.2. The molecule has 6 nitrogen and oxygen atoms in total. The van der Waals surface area contributed by atoms with Gasteiger partial charge in [0.05, 0.1) is 5.69 Å². The zero-order chi connectivity index (χ0) is 22.2. The number of anilines is 1. The second-order valence-electron chi connectivity index (χ2n) is 7.85. The lowest BCUT2D eigenvalue weighted by atomic mass is 9.91. The van der Waals surface area contributed by atoms with Gasteiger partial charge < -0.3 is 4.90 Å². The number of benzene rings is 2. The fraction of sp³-hybridized carbons (Fsp3) is 0.304. The second-order valence-corrected chi connectivity index (χ2v) is 9.88. The normalized spacial score (nSPS) is 17.4. The number of halogens is 1. The van der Waals surface area contributed by atoms with Crippen molar-refractivity contribution in [1.29, 1.82) is 0 Å². The van der Waals surface area contributed by atoms with Crippen LogP contribution in [0.4, 0.5) is 5.69 Å². The van der Waals surface area contributed by atoms with Crippen molar-refractivity contribution in [3.63, 3.8) is 0 Å². The second kappa shape index (κ2) is 8.48. The number of carbonyl (C=O) groups is 2. The molecule has 1 aliphatic carbocycles. The number of nitrogens with one attached hydrogen (secondary N) is 1. The minimum atomic E-state index is -4.34. The van der Waals surface area contributed by atoms with Gasteiger partial charge in [0, 0.05) is 29.2 Å². The summed E-state index contributed by atoms with van der Waals surface area (Å²) >= 11 is 6.14. The van der Waals surface area contributed by atoms with Gasteiger partial charge in [0.1, 0.15) is 5.70 Å². The lowest BCUT2D eigenvalue weighted by Crippen LogP contribution is -2.38. The predicted molar refractivity (Wildman–Crippen MR) is 121 cm³/mol. The molecular formula is C23H23ClN2O4S. The Hall–Kier alpha value is -2.64. The Labute approximate surface area is 186 Å². The van der Waals surface area contributed by atoms with Crippen molar-refractivity contribution in [3.8, 4) is 0 Å². The highest BCUT2D eigenvalue weighted by atomic mass is 35.5. The van der Waals surface area contributed by atoms with E-state index in [0.717, 1.165) is 31.2 Å². The maximum absolute atomic E-state index is 13.4. The zero-order valence-corrected chi connectivity index (χ0v) is 18.7. The van der Waals surface area contributed by atoms with Gasteiger partial charge in [-0.2, -0.15) is 0 Å². The van der Waals surface area contributed by atoms with E-state index in [1.54, 1.807) is 42.2 Å². The minimum absolute atomic E-state index is 0.0312. The number of sulfonamides is 1. The molecule has 31 heavy (non-hydrogen) atoms. The molecule has 0 bridgehead atoms. The van der Waals surface area contributed by atoms with Crippen molar-refractivity contribution in [2.75, 3.05) is 17.8 Å². The highest BCUT2D eigenvalue weighted by Gasteiger charge is 2.41. The Morgan fingerprint density at radius 3 is 2.13 bits per heavy atom. The summed E-state index contributed by atoms with van der Waals surface area (Å²) in [7, 11) is -4.34.